The highest BCUT2D eigenvalue weighted by Gasteiger charge is 2.09. The third-order valence-electron chi connectivity index (χ3n) is 2.70. The first-order chi connectivity index (χ1) is 11.1. The number of ether oxygens (including phenoxy) is 2. The lowest BCUT2D eigenvalue weighted by atomic mass is 10.2. The number of hydrogen-bond acceptors (Lipinski definition) is 8. The summed E-state index contributed by atoms with van der Waals surface area (Å²) in [5.74, 6) is -0.685. The largest absolute Gasteiger partial charge is 0.462 e. The van der Waals surface area contributed by atoms with E-state index in [1.54, 1.807) is 7.05 Å². The van der Waals surface area contributed by atoms with E-state index < -0.39 is 5.97 Å². The fraction of sp³-hybridized carbons (Fsp3) is 0.357. The van der Waals surface area contributed by atoms with Gasteiger partial charge in [0.1, 0.15) is 13.2 Å². The molecular formula is C14H16N4O4S. The van der Waals surface area contributed by atoms with Gasteiger partial charge in [-0.25, -0.2) is 4.68 Å². The maximum atomic E-state index is 11.6. The molecule has 0 amide bonds. The van der Waals surface area contributed by atoms with Crippen LogP contribution in [-0.2, 0) is 32.5 Å². The van der Waals surface area contributed by atoms with Crippen molar-refractivity contribution in [2.75, 3.05) is 19.0 Å². The molecule has 23 heavy (non-hydrogen) atoms. The summed E-state index contributed by atoms with van der Waals surface area (Å²) in [4.78, 5) is 23.1. The molecule has 0 radical (unpaired) electrons. The summed E-state index contributed by atoms with van der Waals surface area (Å²) >= 11 is 1.17. The zero-order valence-corrected chi connectivity index (χ0v) is 13.4. The van der Waals surface area contributed by atoms with Crippen LogP contribution in [0.3, 0.4) is 0 Å². The first-order valence-corrected chi connectivity index (χ1v) is 7.84. The SMILES string of the molecule is Cn1nnnc1SCC(=O)OCCOC(=O)Cc1ccccc1. The van der Waals surface area contributed by atoms with Crippen molar-refractivity contribution >= 4 is 23.7 Å². The van der Waals surface area contributed by atoms with Crippen molar-refractivity contribution < 1.29 is 19.1 Å². The summed E-state index contributed by atoms with van der Waals surface area (Å²) < 4.78 is 11.4. The van der Waals surface area contributed by atoms with Crippen LogP contribution in [0.25, 0.3) is 0 Å². The van der Waals surface area contributed by atoms with Crippen LogP contribution < -0.4 is 0 Å². The quantitative estimate of drug-likeness (QED) is 0.393. The standard InChI is InChI=1S/C14H16N4O4S/c1-18-14(15-16-17-18)23-10-13(20)22-8-7-21-12(19)9-11-5-3-2-4-6-11/h2-6H,7-10H2,1H3. The van der Waals surface area contributed by atoms with E-state index in [1.807, 2.05) is 30.3 Å². The van der Waals surface area contributed by atoms with Gasteiger partial charge in [0, 0.05) is 7.05 Å². The van der Waals surface area contributed by atoms with E-state index in [0.717, 1.165) is 5.56 Å². The molecule has 0 atom stereocenters. The molecule has 0 bridgehead atoms. The Morgan fingerprint density at radius 1 is 1.13 bits per heavy atom. The zero-order chi connectivity index (χ0) is 16.5. The van der Waals surface area contributed by atoms with E-state index in [9.17, 15) is 9.59 Å². The van der Waals surface area contributed by atoms with Crippen LogP contribution in [0.15, 0.2) is 35.5 Å². The Hall–Kier alpha value is -2.42. The van der Waals surface area contributed by atoms with E-state index in [4.69, 9.17) is 9.47 Å². The van der Waals surface area contributed by atoms with Gasteiger partial charge in [-0.3, -0.25) is 9.59 Å². The van der Waals surface area contributed by atoms with Crippen LogP contribution >= 0.6 is 11.8 Å². The number of hydrogen-bond donors (Lipinski definition) is 0. The van der Waals surface area contributed by atoms with Gasteiger partial charge in [0.25, 0.3) is 0 Å². The molecule has 2 aromatic rings. The van der Waals surface area contributed by atoms with Gasteiger partial charge in [-0.15, -0.1) is 5.10 Å². The minimum atomic E-state index is -0.419. The third-order valence-corrected chi connectivity index (χ3v) is 3.69. The molecule has 0 aliphatic carbocycles. The van der Waals surface area contributed by atoms with E-state index in [-0.39, 0.29) is 31.4 Å². The molecule has 0 fully saturated rings. The minimum Gasteiger partial charge on any atom is -0.462 e. The molecule has 0 saturated heterocycles. The molecule has 1 aromatic carbocycles. The van der Waals surface area contributed by atoms with Gasteiger partial charge in [-0.1, -0.05) is 42.1 Å². The minimum absolute atomic E-state index is 0.0248. The lowest BCUT2D eigenvalue weighted by molar-refractivity contribution is -0.150. The van der Waals surface area contributed by atoms with Crippen molar-refractivity contribution in [3.63, 3.8) is 0 Å². The highest BCUT2D eigenvalue weighted by atomic mass is 32.2. The van der Waals surface area contributed by atoms with Crippen molar-refractivity contribution in [2.24, 2.45) is 7.05 Å². The maximum Gasteiger partial charge on any atom is 0.316 e. The van der Waals surface area contributed by atoms with Gasteiger partial charge in [-0.05, 0) is 16.0 Å². The third kappa shape index (κ3) is 6.07. The second-order valence-corrected chi connectivity index (χ2v) is 5.42. The molecule has 0 saturated carbocycles. The molecule has 0 unspecified atom stereocenters. The van der Waals surface area contributed by atoms with Gasteiger partial charge in [0.05, 0.1) is 12.2 Å². The van der Waals surface area contributed by atoms with Gasteiger partial charge in [-0.2, -0.15) is 0 Å². The van der Waals surface area contributed by atoms with E-state index in [0.29, 0.717) is 5.16 Å². The summed E-state index contributed by atoms with van der Waals surface area (Å²) in [5.41, 5.74) is 0.878. The molecule has 122 valence electrons. The summed E-state index contributed by atoms with van der Waals surface area (Å²) in [6, 6.07) is 9.28. The lowest BCUT2D eigenvalue weighted by Crippen LogP contribution is -2.16. The van der Waals surface area contributed by atoms with Crippen LogP contribution in [-0.4, -0.2) is 51.1 Å². The van der Waals surface area contributed by atoms with Crippen LogP contribution in [0.1, 0.15) is 5.56 Å². The van der Waals surface area contributed by atoms with Crippen molar-refractivity contribution in [3.8, 4) is 0 Å². The normalized spacial score (nSPS) is 10.3. The topological polar surface area (TPSA) is 96.2 Å². The highest BCUT2D eigenvalue weighted by molar-refractivity contribution is 7.99. The van der Waals surface area contributed by atoms with Crippen molar-refractivity contribution in [1.29, 1.82) is 0 Å². The van der Waals surface area contributed by atoms with E-state index >= 15 is 0 Å². The van der Waals surface area contributed by atoms with E-state index in [1.165, 1.54) is 16.4 Å². The number of aromatic nitrogens is 4. The second kappa shape index (κ2) is 8.89. The Morgan fingerprint density at radius 3 is 2.48 bits per heavy atom. The first kappa shape index (κ1) is 16.9. The Kier molecular flexibility index (Phi) is 6.55. The predicted octanol–water partition coefficient (Wildman–Crippen LogP) is 0.631. The monoisotopic (exact) mass is 336 g/mol. The Balaban J connectivity index is 1.57. The highest BCUT2D eigenvalue weighted by Crippen LogP contribution is 2.12. The average molecular weight is 336 g/mol. The van der Waals surface area contributed by atoms with E-state index in [2.05, 4.69) is 15.5 Å². The molecule has 8 nitrogen and oxygen atoms in total. The van der Waals surface area contributed by atoms with Crippen molar-refractivity contribution in [2.45, 2.75) is 11.6 Å². The number of carbonyl (C=O) groups is 2. The van der Waals surface area contributed by atoms with Gasteiger partial charge in [0.15, 0.2) is 0 Å². The van der Waals surface area contributed by atoms with Crippen molar-refractivity contribution in [3.05, 3.63) is 35.9 Å². The maximum absolute atomic E-state index is 11.6. The Bertz CT molecular complexity index is 647. The van der Waals surface area contributed by atoms with Gasteiger partial charge >= 0.3 is 11.9 Å². The molecule has 1 aromatic heterocycles. The number of rotatable bonds is 8. The molecule has 0 aliphatic rings. The summed E-state index contributed by atoms with van der Waals surface area (Å²) in [7, 11) is 1.68. The average Bonchev–Trinajstić information content (AvgIpc) is 2.96. The number of esters is 2. The van der Waals surface area contributed by atoms with Crippen molar-refractivity contribution in [1.82, 2.24) is 20.2 Å². The summed E-state index contributed by atoms with van der Waals surface area (Å²) in [6.45, 7) is 0.0601. The van der Waals surface area contributed by atoms with Crippen LogP contribution in [0.2, 0.25) is 0 Å². The first-order valence-electron chi connectivity index (χ1n) is 6.85. The zero-order valence-electron chi connectivity index (χ0n) is 12.5. The van der Waals surface area contributed by atoms with Crippen LogP contribution in [0, 0.1) is 0 Å². The molecule has 0 spiro atoms. The van der Waals surface area contributed by atoms with Crippen LogP contribution in [0.4, 0.5) is 0 Å². The smallest absolute Gasteiger partial charge is 0.316 e. The summed E-state index contributed by atoms with van der Waals surface area (Å²) in [6.07, 6.45) is 0.198. The second-order valence-electron chi connectivity index (χ2n) is 4.48. The molecule has 2 rings (SSSR count). The number of tetrazole rings is 1. The number of thioether (sulfide) groups is 1. The van der Waals surface area contributed by atoms with Crippen LogP contribution in [0.5, 0.6) is 0 Å². The lowest BCUT2D eigenvalue weighted by Gasteiger charge is -2.06. The molecule has 9 heteroatoms. The Labute approximate surface area is 137 Å². The Morgan fingerprint density at radius 2 is 1.83 bits per heavy atom. The molecule has 0 N–H and O–H groups in total. The predicted molar refractivity (Wildman–Crippen MR) is 81.6 cm³/mol. The fourth-order valence-electron chi connectivity index (χ4n) is 1.63. The number of nitrogens with zero attached hydrogens (tertiary/aromatic N) is 4. The number of aryl methyl sites for hydroxylation is 1. The molecular weight excluding hydrogens is 320 g/mol. The fourth-order valence-corrected chi connectivity index (χ4v) is 2.28. The summed E-state index contributed by atoms with van der Waals surface area (Å²) in [5, 5.41) is 11.4. The van der Waals surface area contributed by atoms with Gasteiger partial charge < -0.3 is 9.47 Å². The molecule has 1 heterocycles. The van der Waals surface area contributed by atoms with Gasteiger partial charge in [0.2, 0.25) is 5.16 Å². The number of carbonyl (C=O) groups excluding carboxylic acids is 2. The molecule has 0 aliphatic heterocycles. The number of benzene rings is 1.